The van der Waals surface area contributed by atoms with Crippen LogP contribution in [0.4, 0.5) is 5.69 Å². The van der Waals surface area contributed by atoms with Crippen LogP contribution in [-0.4, -0.2) is 9.97 Å². The molecule has 0 aliphatic carbocycles. The van der Waals surface area contributed by atoms with Crippen molar-refractivity contribution >= 4 is 17.3 Å². The Labute approximate surface area is 113 Å². The fourth-order valence-electron chi connectivity index (χ4n) is 1.38. The topological polar surface area (TPSA) is 51.8 Å². The molecule has 0 amide bonds. The van der Waals surface area contributed by atoms with E-state index in [0.29, 0.717) is 17.8 Å². The maximum Gasteiger partial charge on any atom is 0.223 e. The molecule has 1 rings (SSSR count). The number of halogens is 1. The number of nitrogens with two attached hydrogens (primary N) is 1. The number of nitrogen functional groups attached to an aromatic ring is 1. The molecule has 4 heteroatoms. The standard InChI is InChI=1S/C14H18ClN3/c1-2-3-4-5-6-7-8-9-10-13-12(16)11-17-14(15)18-13/h6-7,11H,2-5,8,16H2,1H3. The van der Waals surface area contributed by atoms with Gasteiger partial charge in [0.1, 0.15) is 5.69 Å². The third kappa shape index (κ3) is 5.70. The van der Waals surface area contributed by atoms with Crippen LogP contribution in [0.25, 0.3) is 0 Å². The molecule has 0 aliphatic heterocycles. The Morgan fingerprint density at radius 2 is 2.22 bits per heavy atom. The van der Waals surface area contributed by atoms with Crippen molar-refractivity contribution in [2.75, 3.05) is 5.73 Å². The van der Waals surface area contributed by atoms with Gasteiger partial charge in [0.25, 0.3) is 0 Å². The van der Waals surface area contributed by atoms with E-state index >= 15 is 0 Å². The minimum atomic E-state index is 0.170. The Kier molecular flexibility index (Phi) is 6.90. The van der Waals surface area contributed by atoms with Crippen LogP contribution in [0, 0.1) is 11.8 Å². The lowest BCUT2D eigenvalue weighted by atomic mass is 10.2. The normalized spacial score (nSPS) is 10.3. The van der Waals surface area contributed by atoms with Gasteiger partial charge in [0, 0.05) is 6.42 Å². The highest BCUT2D eigenvalue weighted by Gasteiger charge is 1.98. The molecule has 3 nitrogen and oxygen atoms in total. The molecule has 1 aromatic heterocycles. The van der Waals surface area contributed by atoms with Gasteiger partial charge < -0.3 is 5.73 Å². The minimum absolute atomic E-state index is 0.170. The second-order valence-electron chi connectivity index (χ2n) is 3.92. The van der Waals surface area contributed by atoms with Crippen LogP contribution in [0.3, 0.4) is 0 Å². The van der Waals surface area contributed by atoms with E-state index in [9.17, 15) is 0 Å². The number of unbranched alkanes of at least 4 members (excludes halogenated alkanes) is 3. The van der Waals surface area contributed by atoms with Crippen LogP contribution in [0.15, 0.2) is 18.3 Å². The Balaban J connectivity index is 2.39. The molecule has 0 saturated heterocycles. The van der Waals surface area contributed by atoms with Gasteiger partial charge in [-0.2, -0.15) is 0 Å². The Bertz CT molecular complexity index is 458. The summed E-state index contributed by atoms with van der Waals surface area (Å²) < 4.78 is 0. The monoisotopic (exact) mass is 263 g/mol. The van der Waals surface area contributed by atoms with Crippen LogP contribution in [0.5, 0.6) is 0 Å². The van der Waals surface area contributed by atoms with Crippen molar-refractivity contribution < 1.29 is 0 Å². The molecule has 0 atom stereocenters. The van der Waals surface area contributed by atoms with E-state index < -0.39 is 0 Å². The maximum absolute atomic E-state index is 5.68. The van der Waals surface area contributed by atoms with Gasteiger partial charge in [-0.1, -0.05) is 37.8 Å². The van der Waals surface area contributed by atoms with Gasteiger partial charge in [0.05, 0.1) is 11.9 Å². The predicted molar refractivity (Wildman–Crippen MR) is 76.2 cm³/mol. The van der Waals surface area contributed by atoms with E-state index in [2.05, 4.69) is 40.9 Å². The van der Waals surface area contributed by atoms with Crippen LogP contribution < -0.4 is 5.73 Å². The zero-order valence-corrected chi connectivity index (χ0v) is 11.4. The molecule has 0 saturated carbocycles. The van der Waals surface area contributed by atoms with E-state index in [-0.39, 0.29) is 5.28 Å². The lowest BCUT2D eigenvalue weighted by Crippen LogP contribution is -1.95. The van der Waals surface area contributed by atoms with Crippen LogP contribution >= 0.6 is 11.6 Å². The van der Waals surface area contributed by atoms with E-state index in [0.717, 1.165) is 6.42 Å². The molecule has 0 aromatic carbocycles. The summed E-state index contributed by atoms with van der Waals surface area (Å²) in [6, 6.07) is 0. The van der Waals surface area contributed by atoms with E-state index in [4.69, 9.17) is 17.3 Å². The van der Waals surface area contributed by atoms with Gasteiger partial charge in [0.15, 0.2) is 0 Å². The zero-order valence-electron chi connectivity index (χ0n) is 10.6. The first-order valence-corrected chi connectivity index (χ1v) is 6.53. The lowest BCUT2D eigenvalue weighted by Gasteiger charge is -1.95. The van der Waals surface area contributed by atoms with E-state index in [1.165, 1.54) is 25.5 Å². The summed E-state index contributed by atoms with van der Waals surface area (Å²) in [5.41, 5.74) is 6.63. The van der Waals surface area contributed by atoms with E-state index in [1.54, 1.807) is 0 Å². The molecule has 0 radical (unpaired) electrons. The molecule has 96 valence electrons. The van der Waals surface area contributed by atoms with Crippen molar-refractivity contribution in [1.29, 1.82) is 0 Å². The fraction of sp³-hybridized carbons (Fsp3) is 0.429. The summed E-state index contributed by atoms with van der Waals surface area (Å²) >= 11 is 5.67. The highest BCUT2D eigenvalue weighted by molar-refractivity contribution is 6.28. The van der Waals surface area contributed by atoms with Gasteiger partial charge in [0.2, 0.25) is 5.28 Å². The first-order chi connectivity index (χ1) is 8.74. The molecule has 1 heterocycles. The van der Waals surface area contributed by atoms with Gasteiger partial charge in [-0.15, -0.1) is 0 Å². The van der Waals surface area contributed by atoms with Crippen molar-refractivity contribution in [3.05, 3.63) is 29.3 Å². The number of hydrogen-bond donors (Lipinski definition) is 1. The lowest BCUT2D eigenvalue weighted by molar-refractivity contribution is 0.728. The first-order valence-electron chi connectivity index (χ1n) is 6.16. The first kappa shape index (κ1) is 14.5. The second kappa shape index (κ2) is 8.54. The fourth-order valence-corrected chi connectivity index (χ4v) is 1.51. The Morgan fingerprint density at radius 1 is 1.39 bits per heavy atom. The molecule has 0 aliphatic rings. The van der Waals surface area contributed by atoms with Crippen molar-refractivity contribution in [2.24, 2.45) is 0 Å². The molecule has 2 N–H and O–H groups in total. The Hall–Kier alpha value is -1.53. The number of nitrogens with zero attached hydrogens (tertiary/aromatic N) is 2. The quantitative estimate of drug-likeness (QED) is 0.382. The molecule has 0 bridgehead atoms. The van der Waals surface area contributed by atoms with Gasteiger partial charge >= 0.3 is 0 Å². The summed E-state index contributed by atoms with van der Waals surface area (Å²) in [5.74, 6) is 5.89. The minimum Gasteiger partial charge on any atom is -0.395 e. The third-order valence-corrected chi connectivity index (χ3v) is 2.54. The smallest absolute Gasteiger partial charge is 0.223 e. The third-order valence-electron chi connectivity index (χ3n) is 2.36. The molecule has 0 unspecified atom stereocenters. The van der Waals surface area contributed by atoms with Crippen molar-refractivity contribution in [3.8, 4) is 11.8 Å². The van der Waals surface area contributed by atoms with Crippen molar-refractivity contribution in [2.45, 2.75) is 39.0 Å². The highest BCUT2D eigenvalue weighted by atomic mass is 35.5. The summed E-state index contributed by atoms with van der Waals surface area (Å²) in [6.07, 6.45) is 11.3. The summed E-state index contributed by atoms with van der Waals surface area (Å²) in [5, 5.41) is 0.170. The number of rotatable bonds is 5. The molecule has 0 fully saturated rings. The molecule has 0 spiro atoms. The zero-order chi connectivity index (χ0) is 13.2. The van der Waals surface area contributed by atoms with Crippen LogP contribution in [0.2, 0.25) is 5.28 Å². The second-order valence-corrected chi connectivity index (χ2v) is 4.25. The largest absolute Gasteiger partial charge is 0.395 e. The number of allylic oxidation sites excluding steroid dienone is 2. The average molecular weight is 264 g/mol. The van der Waals surface area contributed by atoms with Gasteiger partial charge in [-0.25, -0.2) is 9.97 Å². The summed E-state index contributed by atoms with van der Waals surface area (Å²) in [7, 11) is 0. The SMILES string of the molecule is CCCCCC=CCC#Cc1nc(Cl)ncc1N. The van der Waals surface area contributed by atoms with Crippen molar-refractivity contribution in [1.82, 2.24) is 9.97 Å². The number of hydrogen-bond acceptors (Lipinski definition) is 3. The predicted octanol–water partition coefficient (Wildman–Crippen LogP) is 3.59. The van der Waals surface area contributed by atoms with Crippen LogP contribution in [0.1, 0.15) is 44.7 Å². The van der Waals surface area contributed by atoms with Crippen molar-refractivity contribution in [3.63, 3.8) is 0 Å². The highest BCUT2D eigenvalue weighted by Crippen LogP contribution is 2.08. The summed E-state index contributed by atoms with van der Waals surface area (Å²) in [6.45, 7) is 2.20. The number of anilines is 1. The van der Waals surface area contributed by atoms with Crippen LogP contribution in [-0.2, 0) is 0 Å². The number of aromatic nitrogens is 2. The van der Waals surface area contributed by atoms with Gasteiger partial charge in [-0.05, 0) is 30.4 Å². The van der Waals surface area contributed by atoms with Gasteiger partial charge in [-0.3, -0.25) is 0 Å². The van der Waals surface area contributed by atoms with E-state index in [1.807, 2.05) is 0 Å². The Morgan fingerprint density at radius 3 is 3.00 bits per heavy atom. The molecular formula is C14H18ClN3. The molecular weight excluding hydrogens is 246 g/mol. The maximum atomic E-state index is 5.68. The average Bonchev–Trinajstić information content (AvgIpc) is 2.36. The molecule has 18 heavy (non-hydrogen) atoms. The molecule has 1 aromatic rings. The summed E-state index contributed by atoms with van der Waals surface area (Å²) in [4.78, 5) is 7.74.